The van der Waals surface area contributed by atoms with E-state index in [2.05, 4.69) is 0 Å². The number of nitrogens with zero attached hydrogens (tertiary/aromatic N) is 4. The fourth-order valence-corrected chi connectivity index (χ4v) is 4.15. The zero-order valence-electron chi connectivity index (χ0n) is 17.0. The molecule has 1 amide bonds. The first-order valence-electron chi connectivity index (χ1n) is 10.1. The number of rotatable bonds is 5. The van der Waals surface area contributed by atoms with E-state index in [1.54, 1.807) is 15.3 Å². The van der Waals surface area contributed by atoms with E-state index in [1.165, 1.54) is 0 Å². The van der Waals surface area contributed by atoms with Crippen LogP contribution in [0.25, 0.3) is 27.8 Å². The molecule has 6 nitrogen and oxygen atoms in total. The molecule has 0 unspecified atom stereocenters. The Kier molecular flexibility index (Phi) is 4.80. The van der Waals surface area contributed by atoms with E-state index in [0.29, 0.717) is 25.2 Å². The van der Waals surface area contributed by atoms with E-state index in [1.807, 2.05) is 75.4 Å². The minimum absolute atomic E-state index is 0.0185. The van der Waals surface area contributed by atoms with Gasteiger partial charge in [-0.15, -0.1) is 4.68 Å². The van der Waals surface area contributed by atoms with Crippen LogP contribution >= 0.6 is 0 Å². The Morgan fingerprint density at radius 1 is 0.966 bits per heavy atom. The summed E-state index contributed by atoms with van der Waals surface area (Å²) in [5.41, 5.74) is 2.76. The van der Waals surface area contributed by atoms with Crippen LogP contribution in [0, 0.1) is 0 Å². The van der Waals surface area contributed by atoms with Crippen LogP contribution in [0.15, 0.2) is 65.6 Å². The van der Waals surface area contributed by atoms with Crippen LogP contribution < -0.4 is 10.3 Å². The Bertz CT molecular complexity index is 1250. The molecule has 4 aromatic rings. The van der Waals surface area contributed by atoms with Crippen molar-refractivity contribution in [2.45, 2.75) is 27.2 Å². The Morgan fingerprint density at radius 2 is 1.62 bits per heavy atom. The van der Waals surface area contributed by atoms with Gasteiger partial charge in [-0.05, 0) is 26.0 Å². The second-order valence-corrected chi connectivity index (χ2v) is 7.10. The van der Waals surface area contributed by atoms with E-state index >= 15 is 0 Å². The van der Waals surface area contributed by atoms with Crippen molar-refractivity contribution in [3.63, 3.8) is 0 Å². The van der Waals surface area contributed by atoms with Gasteiger partial charge in [0.2, 0.25) is 0 Å². The lowest BCUT2D eigenvalue weighted by Gasteiger charge is -2.34. The van der Waals surface area contributed by atoms with Crippen molar-refractivity contribution < 1.29 is 4.79 Å². The summed E-state index contributed by atoms with van der Waals surface area (Å²) in [4.78, 5) is 31.5. The number of imidazole rings is 1. The van der Waals surface area contributed by atoms with Gasteiger partial charge >= 0.3 is 11.6 Å². The summed E-state index contributed by atoms with van der Waals surface area (Å²) in [6.45, 7) is 6.74. The predicted molar refractivity (Wildman–Crippen MR) is 116 cm³/mol. The van der Waals surface area contributed by atoms with Crippen molar-refractivity contribution in [2.75, 3.05) is 13.1 Å². The van der Waals surface area contributed by atoms with Gasteiger partial charge in [0.1, 0.15) is 18.6 Å². The molecule has 0 atom stereocenters. The maximum Gasteiger partial charge on any atom is 0.379 e. The molecule has 29 heavy (non-hydrogen) atoms. The number of hydrogen-bond donors (Lipinski definition) is 0. The lowest BCUT2D eigenvalue weighted by atomic mass is 10.2. The van der Waals surface area contributed by atoms with Crippen LogP contribution in [0.1, 0.15) is 27.2 Å². The average Bonchev–Trinajstić information content (AvgIpc) is 3.23. The smallest absolute Gasteiger partial charge is 0.246 e. The second kappa shape index (κ2) is 7.29. The highest BCUT2D eigenvalue weighted by Crippen LogP contribution is 2.24. The van der Waals surface area contributed by atoms with Crippen molar-refractivity contribution in [3.05, 3.63) is 71.3 Å². The van der Waals surface area contributed by atoms with Gasteiger partial charge in [-0.2, -0.15) is 4.59 Å². The highest BCUT2D eigenvalue weighted by molar-refractivity contribution is 5.94. The summed E-state index contributed by atoms with van der Waals surface area (Å²) < 4.78 is 3.18. The van der Waals surface area contributed by atoms with Gasteiger partial charge in [0.05, 0.1) is 12.1 Å². The Balaban J connectivity index is 2.14. The molecule has 4 rings (SSSR count). The van der Waals surface area contributed by atoms with Crippen LogP contribution in [-0.4, -0.2) is 33.1 Å². The van der Waals surface area contributed by atoms with Gasteiger partial charge in [-0.25, -0.2) is 19.0 Å². The zero-order chi connectivity index (χ0) is 20.6. The molecule has 2 aromatic carbocycles. The predicted octanol–water partition coefficient (Wildman–Crippen LogP) is 3.73. The number of carbonyl (C=O) groups is 1. The fourth-order valence-electron chi connectivity index (χ4n) is 4.15. The van der Waals surface area contributed by atoms with Crippen LogP contribution in [0.5, 0.6) is 0 Å². The summed E-state index contributed by atoms with van der Waals surface area (Å²) in [6.07, 6.45) is 2.13. The molecule has 0 bridgehead atoms. The van der Waals surface area contributed by atoms with Crippen molar-refractivity contribution in [1.29, 1.82) is 0 Å². The standard InChI is InChI=1S/C23H25N4O2/c1-4-21(28)27(5-2,6-3)26-20-15-11-10-14-18(20)22-24-19(16-25(22)23(26)29)17-12-8-7-9-13-17/h7-16H,4-6H2,1-3H3/q+1. The third-order valence-corrected chi connectivity index (χ3v) is 5.73. The highest BCUT2D eigenvalue weighted by Gasteiger charge is 2.38. The van der Waals surface area contributed by atoms with Gasteiger partial charge in [-0.3, -0.25) is 0 Å². The molecule has 0 aliphatic heterocycles. The van der Waals surface area contributed by atoms with Gasteiger partial charge in [0, 0.05) is 17.1 Å². The van der Waals surface area contributed by atoms with Crippen LogP contribution in [0.3, 0.4) is 0 Å². The van der Waals surface area contributed by atoms with E-state index in [0.717, 1.165) is 22.2 Å². The van der Waals surface area contributed by atoms with Gasteiger partial charge in [0.25, 0.3) is 0 Å². The number of hydrogen-bond acceptors (Lipinski definition) is 3. The monoisotopic (exact) mass is 389 g/mol. The molecule has 0 aliphatic carbocycles. The van der Waals surface area contributed by atoms with Gasteiger partial charge in [-0.1, -0.05) is 49.4 Å². The maximum atomic E-state index is 13.7. The first kappa shape index (κ1) is 19.1. The molecule has 0 fully saturated rings. The van der Waals surface area contributed by atoms with Crippen molar-refractivity contribution >= 4 is 22.5 Å². The Labute approximate surface area is 169 Å². The first-order chi connectivity index (χ1) is 14.1. The lowest BCUT2D eigenvalue weighted by molar-refractivity contribution is -0.136. The van der Waals surface area contributed by atoms with E-state index < -0.39 is 0 Å². The third-order valence-electron chi connectivity index (χ3n) is 5.73. The molecule has 148 valence electrons. The molecular weight excluding hydrogens is 364 g/mol. The summed E-state index contributed by atoms with van der Waals surface area (Å²) >= 11 is 0. The highest BCUT2D eigenvalue weighted by atomic mass is 16.2. The first-order valence-corrected chi connectivity index (χ1v) is 10.1. The summed E-state index contributed by atoms with van der Waals surface area (Å²) in [6, 6.07) is 17.5. The van der Waals surface area contributed by atoms with E-state index in [9.17, 15) is 9.59 Å². The summed E-state index contributed by atoms with van der Waals surface area (Å²) in [5.74, 6) is 0.0185. The molecular formula is C23H25N4O2+. The molecule has 6 heteroatoms. The second-order valence-electron chi connectivity index (χ2n) is 7.10. The van der Waals surface area contributed by atoms with Crippen LogP contribution in [0.4, 0.5) is 0 Å². The number of para-hydroxylation sites is 1. The Morgan fingerprint density at radius 3 is 2.28 bits per heavy atom. The van der Waals surface area contributed by atoms with E-state index in [4.69, 9.17) is 4.98 Å². The number of fused-ring (bicyclic) bond motifs is 3. The minimum atomic E-state index is -0.251. The number of amides is 1. The van der Waals surface area contributed by atoms with Crippen molar-refractivity contribution in [2.24, 2.45) is 0 Å². The number of quaternary nitrogens is 1. The quantitative estimate of drug-likeness (QED) is 0.489. The number of benzene rings is 2. The molecule has 0 N–H and O–H groups in total. The number of carbonyl (C=O) groups excluding carboxylic acids is 1. The number of aromatic nitrogens is 3. The molecule has 2 heterocycles. The van der Waals surface area contributed by atoms with E-state index in [-0.39, 0.29) is 16.2 Å². The lowest BCUT2D eigenvalue weighted by Crippen LogP contribution is -2.65. The van der Waals surface area contributed by atoms with Gasteiger partial charge < -0.3 is 0 Å². The molecule has 0 saturated carbocycles. The summed E-state index contributed by atoms with van der Waals surface area (Å²) in [7, 11) is 0. The fraction of sp³-hybridized carbons (Fsp3) is 0.261. The summed E-state index contributed by atoms with van der Waals surface area (Å²) in [5, 5.41) is 0.850. The normalized spacial score (nSPS) is 12.0. The Hall–Kier alpha value is -3.25. The van der Waals surface area contributed by atoms with Crippen molar-refractivity contribution in [3.8, 4) is 11.3 Å². The maximum absolute atomic E-state index is 13.7. The minimum Gasteiger partial charge on any atom is -0.246 e. The largest absolute Gasteiger partial charge is 0.379 e. The molecule has 0 radical (unpaired) electrons. The molecule has 0 aliphatic rings. The SMILES string of the molecule is CCC(=O)[N+](CC)(CC)n1c(=O)n2cc(-c3ccccc3)nc2c2ccccc21. The van der Waals surface area contributed by atoms with Crippen molar-refractivity contribution in [1.82, 2.24) is 18.7 Å². The zero-order valence-corrected chi connectivity index (χ0v) is 17.0. The van der Waals surface area contributed by atoms with Gasteiger partial charge in [0.15, 0.2) is 5.65 Å². The third kappa shape index (κ3) is 2.79. The molecule has 2 aromatic heterocycles. The van der Waals surface area contributed by atoms with Crippen LogP contribution in [0.2, 0.25) is 0 Å². The topological polar surface area (TPSA) is 56.4 Å². The average molecular weight is 389 g/mol. The van der Waals surface area contributed by atoms with Crippen LogP contribution in [-0.2, 0) is 4.79 Å². The molecule has 0 spiro atoms. The molecule has 0 saturated heterocycles.